The number of benzene rings is 3. The van der Waals surface area contributed by atoms with E-state index < -0.39 is 17.2 Å². The van der Waals surface area contributed by atoms with Crippen molar-refractivity contribution in [1.82, 2.24) is 19.7 Å². The third-order valence-electron chi connectivity index (χ3n) is 8.81. The minimum Gasteiger partial charge on any atom is -0.452 e. The number of carbonyl (C=O) groups excluding carboxylic acids is 1. The summed E-state index contributed by atoms with van der Waals surface area (Å²) >= 11 is 0. The Bertz CT molecular complexity index is 1710. The molecule has 7 nitrogen and oxygen atoms in total. The Morgan fingerprint density at radius 1 is 1.10 bits per heavy atom. The smallest absolute Gasteiger partial charge is 0.256 e. The van der Waals surface area contributed by atoms with E-state index in [0.29, 0.717) is 41.6 Å². The lowest BCUT2D eigenvalue weighted by atomic mass is 9.98. The van der Waals surface area contributed by atoms with Crippen LogP contribution in [0.25, 0.3) is 27.4 Å². The summed E-state index contributed by atoms with van der Waals surface area (Å²) in [4.78, 5) is 31.5. The Hall–Kier alpha value is -3.75. The quantitative estimate of drug-likeness (QED) is 0.213. The Morgan fingerprint density at radius 3 is 2.71 bits per heavy atom. The molecule has 1 saturated heterocycles. The number of ether oxygens (including phenoxy) is 1. The van der Waals surface area contributed by atoms with Crippen molar-refractivity contribution in [2.24, 2.45) is 0 Å². The number of pyridine rings is 1. The number of fused-ring (bicyclic) bond motifs is 4. The van der Waals surface area contributed by atoms with Gasteiger partial charge in [0.2, 0.25) is 5.43 Å². The Balaban J connectivity index is 1.42. The molecular formula is C34H39FN4O3. The van der Waals surface area contributed by atoms with E-state index in [9.17, 15) is 9.59 Å². The van der Waals surface area contributed by atoms with Gasteiger partial charge in [0, 0.05) is 29.7 Å². The molecule has 220 valence electrons. The fraction of sp³-hybridized carbons (Fsp3) is 0.412. The first kappa shape index (κ1) is 28.4. The zero-order chi connectivity index (χ0) is 29.4. The van der Waals surface area contributed by atoms with Crippen molar-refractivity contribution in [2.75, 3.05) is 40.8 Å². The van der Waals surface area contributed by atoms with Gasteiger partial charge in [0.1, 0.15) is 16.9 Å². The van der Waals surface area contributed by atoms with Crippen molar-refractivity contribution in [3.63, 3.8) is 0 Å². The Morgan fingerprint density at radius 2 is 1.93 bits per heavy atom. The normalized spacial score (nSPS) is 16.3. The highest BCUT2D eigenvalue weighted by atomic mass is 19.1. The number of nitrogens with zero attached hydrogens (tertiary/aromatic N) is 3. The van der Waals surface area contributed by atoms with Crippen molar-refractivity contribution in [1.29, 1.82) is 0 Å². The molecule has 42 heavy (non-hydrogen) atoms. The van der Waals surface area contributed by atoms with Crippen LogP contribution in [0.2, 0.25) is 0 Å². The number of likely N-dealkylation sites (tertiary alicyclic amines) is 1. The van der Waals surface area contributed by atoms with Crippen molar-refractivity contribution in [3.8, 4) is 17.2 Å². The molecule has 1 aromatic heterocycles. The van der Waals surface area contributed by atoms with Crippen LogP contribution in [0, 0.1) is 5.82 Å². The van der Waals surface area contributed by atoms with Crippen LogP contribution in [0.15, 0.2) is 53.5 Å². The van der Waals surface area contributed by atoms with Crippen molar-refractivity contribution in [3.05, 3.63) is 75.8 Å². The van der Waals surface area contributed by atoms with Crippen LogP contribution in [-0.2, 0) is 6.42 Å². The maximum absolute atomic E-state index is 15.9. The second-order valence-corrected chi connectivity index (χ2v) is 12.0. The number of amides is 1. The minimum atomic E-state index is -0.487. The number of rotatable bonds is 10. The van der Waals surface area contributed by atoms with Crippen LogP contribution < -0.4 is 15.5 Å². The molecule has 1 amide bonds. The summed E-state index contributed by atoms with van der Waals surface area (Å²) in [5, 5.41) is 4.94. The highest BCUT2D eigenvalue weighted by Gasteiger charge is 2.29. The van der Waals surface area contributed by atoms with E-state index >= 15 is 4.39 Å². The monoisotopic (exact) mass is 570 g/mol. The molecule has 3 heterocycles. The van der Waals surface area contributed by atoms with Gasteiger partial charge >= 0.3 is 0 Å². The van der Waals surface area contributed by atoms with Crippen molar-refractivity contribution in [2.45, 2.75) is 51.0 Å². The lowest BCUT2D eigenvalue weighted by Gasteiger charge is -2.27. The number of unbranched alkanes of at least 4 members (excludes halogenated alkanes) is 1. The van der Waals surface area contributed by atoms with Crippen molar-refractivity contribution >= 4 is 27.6 Å². The first-order valence-corrected chi connectivity index (χ1v) is 15.1. The second kappa shape index (κ2) is 11.9. The fourth-order valence-corrected chi connectivity index (χ4v) is 6.50. The van der Waals surface area contributed by atoms with Gasteiger partial charge < -0.3 is 24.4 Å². The molecule has 0 bridgehead atoms. The van der Waals surface area contributed by atoms with E-state index in [1.54, 1.807) is 6.20 Å². The fourth-order valence-electron chi connectivity index (χ4n) is 6.50. The molecule has 0 saturated carbocycles. The zero-order valence-corrected chi connectivity index (χ0v) is 24.7. The molecule has 1 N–H and O–H groups in total. The topological polar surface area (TPSA) is 66.8 Å². The Kier molecular flexibility index (Phi) is 8.01. The number of hydrogen-bond donors (Lipinski definition) is 1. The van der Waals surface area contributed by atoms with Gasteiger partial charge in [0.25, 0.3) is 5.91 Å². The van der Waals surface area contributed by atoms with Gasteiger partial charge in [0.15, 0.2) is 11.5 Å². The molecule has 1 fully saturated rings. The first-order valence-electron chi connectivity index (χ1n) is 15.1. The second-order valence-electron chi connectivity index (χ2n) is 12.0. The summed E-state index contributed by atoms with van der Waals surface area (Å²) in [5.74, 6) is 0.0613. The molecule has 0 aliphatic carbocycles. The average Bonchev–Trinajstić information content (AvgIpc) is 3.39. The van der Waals surface area contributed by atoms with E-state index in [2.05, 4.69) is 22.2 Å². The van der Waals surface area contributed by atoms with Gasteiger partial charge in [-0.1, -0.05) is 30.3 Å². The van der Waals surface area contributed by atoms with Crippen LogP contribution in [0.5, 0.6) is 11.5 Å². The van der Waals surface area contributed by atoms with Crippen LogP contribution >= 0.6 is 0 Å². The minimum absolute atomic E-state index is 0.00140. The summed E-state index contributed by atoms with van der Waals surface area (Å²) in [6.07, 6.45) is 8.00. The van der Waals surface area contributed by atoms with Gasteiger partial charge in [-0.15, -0.1) is 0 Å². The van der Waals surface area contributed by atoms with Crippen molar-refractivity contribution < 1.29 is 13.9 Å². The number of nitrogens with one attached hydrogen (secondary N) is 1. The first-order chi connectivity index (χ1) is 20.3. The van der Waals surface area contributed by atoms with Gasteiger partial charge in [-0.25, -0.2) is 4.39 Å². The predicted octanol–water partition coefficient (Wildman–Crippen LogP) is 5.88. The highest BCUT2D eigenvalue weighted by Crippen LogP contribution is 2.46. The molecule has 6 rings (SSSR count). The molecule has 2 aliphatic heterocycles. The number of aromatic nitrogens is 1. The van der Waals surface area contributed by atoms with E-state index in [4.69, 9.17) is 4.74 Å². The molecule has 4 aromatic rings. The summed E-state index contributed by atoms with van der Waals surface area (Å²) in [5.41, 5.74) is 1.22. The number of hydrogen-bond acceptors (Lipinski definition) is 5. The number of halogens is 1. The molecule has 0 radical (unpaired) electrons. The SMILES string of the molecule is CN(C)CCCCNC(=O)c1cn2c3c(c(CCCC4CCCN4C)c(F)cc3c1=O)Oc1c-2ccc2ccccc12. The van der Waals surface area contributed by atoms with Crippen LogP contribution in [0.4, 0.5) is 4.39 Å². The predicted molar refractivity (Wildman–Crippen MR) is 166 cm³/mol. The lowest BCUT2D eigenvalue weighted by Crippen LogP contribution is -2.31. The summed E-state index contributed by atoms with van der Waals surface area (Å²) in [6, 6.07) is 13.7. The maximum atomic E-state index is 15.9. The highest BCUT2D eigenvalue weighted by molar-refractivity contribution is 6.01. The van der Waals surface area contributed by atoms with E-state index in [-0.39, 0.29) is 10.9 Å². The van der Waals surface area contributed by atoms with E-state index in [1.807, 2.05) is 55.1 Å². The standard InChI is InChI=1S/C34H39FN4O3/c1-37(2)18-7-6-17-36-34(41)27-21-39-29-16-15-22-10-4-5-13-24(22)32(29)42-33-25(14-8-11-23-12-9-19-38(23)3)28(35)20-26(30(33)39)31(27)40/h4-5,10,13,15-16,20-21,23H,6-9,11-12,14,17-19H2,1-3H3,(H,36,41). The van der Waals surface area contributed by atoms with Crippen LogP contribution in [0.1, 0.15) is 54.4 Å². The molecular weight excluding hydrogens is 531 g/mol. The Labute approximate surface area is 245 Å². The summed E-state index contributed by atoms with van der Waals surface area (Å²) < 4.78 is 24.3. The van der Waals surface area contributed by atoms with Crippen LogP contribution in [-0.4, -0.2) is 67.1 Å². The molecule has 0 spiro atoms. The zero-order valence-electron chi connectivity index (χ0n) is 24.7. The largest absolute Gasteiger partial charge is 0.452 e. The molecule has 2 aliphatic rings. The molecule has 1 unspecified atom stereocenters. The third-order valence-corrected chi connectivity index (χ3v) is 8.81. The van der Waals surface area contributed by atoms with Gasteiger partial charge in [-0.05, 0) is 96.7 Å². The van der Waals surface area contributed by atoms with Gasteiger partial charge in [-0.3, -0.25) is 9.59 Å². The van der Waals surface area contributed by atoms with Crippen LogP contribution in [0.3, 0.4) is 0 Å². The number of carbonyl (C=O) groups is 1. The summed E-state index contributed by atoms with van der Waals surface area (Å²) in [6.45, 7) is 2.49. The molecule has 8 heteroatoms. The average molecular weight is 571 g/mol. The van der Waals surface area contributed by atoms with Gasteiger partial charge in [-0.2, -0.15) is 0 Å². The van der Waals surface area contributed by atoms with E-state index in [1.165, 1.54) is 18.9 Å². The van der Waals surface area contributed by atoms with Gasteiger partial charge in [0.05, 0.1) is 11.1 Å². The molecule has 3 aromatic carbocycles. The third kappa shape index (κ3) is 5.29. The molecule has 1 atom stereocenters. The maximum Gasteiger partial charge on any atom is 0.256 e. The summed E-state index contributed by atoms with van der Waals surface area (Å²) in [7, 11) is 6.18. The lowest BCUT2D eigenvalue weighted by molar-refractivity contribution is 0.0951. The van der Waals surface area contributed by atoms with E-state index in [0.717, 1.165) is 55.2 Å².